The van der Waals surface area contributed by atoms with Crippen LogP contribution in [0.25, 0.3) is 0 Å². The van der Waals surface area contributed by atoms with Crippen molar-refractivity contribution in [3.63, 3.8) is 0 Å². The van der Waals surface area contributed by atoms with Gasteiger partial charge in [0, 0.05) is 24.7 Å². The quantitative estimate of drug-likeness (QED) is 0.837. The third-order valence-electron chi connectivity index (χ3n) is 5.20. The van der Waals surface area contributed by atoms with E-state index in [4.69, 9.17) is 0 Å². The maximum Gasteiger partial charge on any atom is 0.238 e. The lowest BCUT2D eigenvalue weighted by molar-refractivity contribution is -0.133. The molecule has 3 fully saturated rings. The molecule has 1 spiro atoms. The highest BCUT2D eigenvalue weighted by atomic mass is 32.2. The fourth-order valence-electron chi connectivity index (χ4n) is 3.66. The SMILES string of the molecule is Cc1ccc(N2C(=O)CSC23CCN(C(=O)C2CC2)CC3)cc1. The van der Waals surface area contributed by atoms with Crippen LogP contribution < -0.4 is 4.90 Å². The Hall–Kier alpha value is -1.49. The maximum atomic E-state index is 12.5. The molecule has 0 N–H and O–H groups in total. The highest BCUT2D eigenvalue weighted by Gasteiger charge is 2.49. The smallest absolute Gasteiger partial charge is 0.238 e. The van der Waals surface area contributed by atoms with Crippen LogP contribution in [-0.2, 0) is 9.59 Å². The van der Waals surface area contributed by atoms with E-state index in [-0.39, 0.29) is 16.7 Å². The number of hydrogen-bond donors (Lipinski definition) is 0. The number of anilines is 1. The van der Waals surface area contributed by atoms with Crippen LogP contribution in [0.2, 0.25) is 0 Å². The lowest BCUT2D eigenvalue weighted by Crippen LogP contribution is -2.53. The predicted molar refractivity (Wildman–Crippen MR) is 92.4 cm³/mol. The lowest BCUT2D eigenvalue weighted by atomic mass is 10.0. The Bertz CT molecular complexity index is 631. The fraction of sp³-hybridized carbons (Fsp3) is 0.556. The number of nitrogens with zero attached hydrogens (tertiary/aromatic N) is 2. The van der Waals surface area contributed by atoms with Gasteiger partial charge in [-0.2, -0.15) is 0 Å². The van der Waals surface area contributed by atoms with Gasteiger partial charge in [0.15, 0.2) is 0 Å². The van der Waals surface area contributed by atoms with Crippen molar-refractivity contribution in [2.75, 3.05) is 23.7 Å². The molecule has 2 heterocycles. The summed E-state index contributed by atoms with van der Waals surface area (Å²) in [5, 5.41) is 0. The van der Waals surface area contributed by atoms with Gasteiger partial charge in [-0.3, -0.25) is 14.5 Å². The van der Waals surface area contributed by atoms with E-state index in [1.807, 2.05) is 21.9 Å². The molecule has 4 rings (SSSR count). The van der Waals surface area contributed by atoms with E-state index in [1.54, 1.807) is 11.8 Å². The van der Waals surface area contributed by atoms with Crippen molar-refractivity contribution < 1.29 is 9.59 Å². The van der Waals surface area contributed by atoms with Crippen LogP contribution in [0, 0.1) is 12.8 Å². The van der Waals surface area contributed by atoms with Crippen molar-refractivity contribution in [1.29, 1.82) is 0 Å². The van der Waals surface area contributed by atoms with Crippen molar-refractivity contribution >= 4 is 29.3 Å². The zero-order valence-electron chi connectivity index (χ0n) is 13.5. The number of rotatable bonds is 2. The number of hydrogen-bond acceptors (Lipinski definition) is 3. The summed E-state index contributed by atoms with van der Waals surface area (Å²) < 4.78 is 0. The normalized spacial score (nSPS) is 23.6. The number of piperidine rings is 1. The third kappa shape index (κ3) is 2.65. The van der Waals surface area contributed by atoms with Crippen LogP contribution in [0.5, 0.6) is 0 Å². The molecule has 0 aromatic heterocycles. The van der Waals surface area contributed by atoms with Gasteiger partial charge in [0.2, 0.25) is 11.8 Å². The van der Waals surface area contributed by atoms with Crippen LogP contribution in [0.15, 0.2) is 24.3 Å². The predicted octanol–water partition coefficient (Wildman–Crippen LogP) is 2.80. The van der Waals surface area contributed by atoms with Crippen molar-refractivity contribution in [1.82, 2.24) is 4.90 Å². The van der Waals surface area contributed by atoms with Crippen LogP contribution in [0.1, 0.15) is 31.2 Å². The first kappa shape index (κ1) is 15.1. The second-order valence-electron chi connectivity index (χ2n) is 6.90. The molecule has 1 saturated carbocycles. The Balaban J connectivity index is 1.54. The summed E-state index contributed by atoms with van der Waals surface area (Å²) in [6, 6.07) is 8.21. The van der Waals surface area contributed by atoms with Gasteiger partial charge in [-0.05, 0) is 44.7 Å². The highest BCUT2D eigenvalue weighted by Crippen LogP contribution is 2.47. The minimum atomic E-state index is -0.160. The van der Waals surface area contributed by atoms with Gasteiger partial charge in [-0.15, -0.1) is 11.8 Å². The molecule has 4 nitrogen and oxygen atoms in total. The molecule has 0 unspecified atom stereocenters. The van der Waals surface area contributed by atoms with Gasteiger partial charge >= 0.3 is 0 Å². The molecule has 1 aromatic rings. The molecule has 122 valence electrons. The van der Waals surface area contributed by atoms with Crippen LogP contribution in [0.4, 0.5) is 5.69 Å². The number of benzene rings is 1. The third-order valence-corrected chi connectivity index (χ3v) is 6.72. The van der Waals surface area contributed by atoms with E-state index >= 15 is 0 Å². The maximum absolute atomic E-state index is 12.5. The van der Waals surface area contributed by atoms with E-state index in [0.717, 1.165) is 44.5 Å². The van der Waals surface area contributed by atoms with Crippen molar-refractivity contribution in [3.8, 4) is 0 Å². The zero-order valence-corrected chi connectivity index (χ0v) is 14.3. The summed E-state index contributed by atoms with van der Waals surface area (Å²) in [7, 11) is 0. The van der Waals surface area contributed by atoms with Crippen molar-refractivity contribution in [2.24, 2.45) is 5.92 Å². The van der Waals surface area contributed by atoms with Gasteiger partial charge in [0.1, 0.15) is 0 Å². The van der Waals surface area contributed by atoms with E-state index in [1.165, 1.54) is 5.56 Å². The Morgan fingerprint density at radius 3 is 2.43 bits per heavy atom. The van der Waals surface area contributed by atoms with E-state index in [9.17, 15) is 9.59 Å². The average Bonchev–Trinajstić information content (AvgIpc) is 3.36. The molecule has 2 amide bonds. The highest BCUT2D eigenvalue weighted by molar-refractivity contribution is 8.02. The van der Waals surface area contributed by atoms with Crippen molar-refractivity contribution in [2.45, 2.75) is 37.5 Å². The molecular formula is C18H22N2O2S. The summed E-state index contributed by atoms with van der Waals surface area (Å²) in [6.45, 7) is 3.61. The first-order valence-corrected chi connectivity index (χ1v) is 9.40. The molecule has 0 atom stereocenters. The second-order valence-corrected chi connectivity index (χ2v) is 8.24. The Kier molecular flexibility index (Phi) is 3.63. The first-order chi connectivity index (χ1) is 11.1. The van der Waals surface area contributed by atoms with Crippen molar-refractivity contribution in [3.05, 3.63) is 29.8 Å². The summed E-state index contributed by atoms with van der Waals surface area (Å²) in [5.41, 5.74) is 2.19. The van der Waals surface area contributed by atoms with Crippen LogP contribution in [0.3, 0.4) is 0 Å². The lowest BCUT2D eigenvalue weighted by Gasteiger charge is -2.44. The number of thioether (sulfide) groups is 1. The zero-order chi connectivity index (χ0) is 16.0. The Morgan fingerprint density at radius 2 is 1.83 bits per heavy atom. The molecule has 0 bridgehead atoms. The number of carbonyl (C=O) groups is 2. The molecule has 1 aromatic carbocycles. The van der Waals surface area contributed by atoms with Gasteiger partial charge in [-0.1, -0.05) is 17.7 Å². The number of aryl methyl sites for hydroxylation is 1. The van der Waals surface area contributed by atoms with E-state index < -0.39 is 0 Å². The van der Waals surface area contributed by atoms with E-state index in [2.05, 4.69) is 19.1 Å². The van der Waals surface area contributed by atoms with Gasteiger partial charge in [0.25, 0.3) is 0 Å². The van der Waals surface area contributed by atoms with Crippen LogP contribution >= 0.6 is 11.8 Å². The molecule has 3 aliphatic rings. The summed E-state index contributed by atoms with van der Waals surface area (Å²) >= 11 is 1.76. The van der Waals surface area contributed by atoms with Gasteiger partial charge in [-0.25, -0.2) is 0 Å². The van der Waals surface area contributed by atoms with Crippen LogP contribution in [-0.4, -0.2) is 40.4 Å². The standard InChI is InChI=1S/C18H22N2O2S/c1-13-2-6-15(7-3-13)20-16(21)12-23-18(20)8-10-19(11-9-18)17(22)14-4-5-14/h2-3,6-7,14H,4-5,8-12H2,1H3. The minimum absolute atomic E-state index is 0.160. The van der Waals surface area contributed by atoms with E-state index in [0.29, 0.717) is 11.7 Å². The van der Waals surface area contributed by atoms with Gasteiger partial charge < -0.3 is 4.90 Å². The summed E-state index contributed by atoms with van der Waals surface area (Å²) in [4.78, 5) is 28.6. The average molecular weight is 330 g/mol. The fourth-order valence-corrected chi connectivity index (χ4v) is 4.99. The topological polar surface area (TPSA) is 40.6 Å². The van der Waals surface area contributed by atoms with Gasteiger partial charge in [0.05, 0.1) is 10.6 Å². The first-order valence-electron chi connectivity index (χ1n) is 8.42. The molecule has 23 heavy (non-hydrogen) atoms. The molecule has 2 aliphatic heterocycles. The minimum Gasteiger partial charge on any atom is -0.342 e. The largest absolute Gasteiger partial charge is 0.342 e. The molecular weight excluding hydrogens is 308 g/mol. The monoisotopic (exact) mass is 330 g/mol. The summed E-state index contributed by atoms with van der Waals surface area (Å²) in [6.07, 6.45) is 3.86. The summed E-state index contributed by atoms with van der Waals surface area (Å²) in [5.74, 6) is 1.36. The second kappa shape index (κ2) is 5.55. The molecule has 2 saturated heterocycles. The number of amides is 2. The molecule has 5 heteroatoms. The number of likely N-dealkylation sites (tertiary alicyclic amines) is 1. The number of carbonyl (C=O) groups excluding carboxylic acids is 2. The Labute approximate surface area is 141 Å². The molecule has 1 aliphatic carbocycles. The molecule has 0 radical (unpaired) electrons. The Morgan fingerprint density at radius 1 is 1.17 bits per heavy atom.